The van der Waals surface area contributed by atoms with E-state index in [-0.39, 0.29) is 6.10 Å². The van der Waals surface area contributed by atoms with E-state index in [1.165, 1.54) is 12.8 Å². The summed E-state index contributed by atoms with van der Waals surface area (Å²) in [7, 11) is 0. The van der Waals surface area contributed by atoms with Crippen LogP contribution in [0, 0.1) is 3.57 Å². The van der Waals surface area contributed by atoms with Crippen molar-refractivity contribution < 1.29 is 9.47 Å². The fourth-order valence-corrected chi connectivity index (χ4v) is 1.90. The molecule has 0 atom stereocenters. The Balaban J connectivity index is 2.21. The summed E-state index contributed by atoms with van der Waals surface area (Å²) < 4.78 is 12.7. The van der Waals surface area contributed by atoms with Gasteiger partial charge in [0.1, 0.15) is 0 Å². The first-order chi connectivity index (χ1) is 7.16. The van der Waals surface area contributed by atoms with Crippen LogP contribution in [-0.2, 0) is 0 Å². The van der Waals surface area contributed by atoms with Crippen LogP contribution in [0.2, 0.25) is 0 Å². The molecule has 82 valence electrons. The molecule has 15 heavy (non-hydrogen) atoms. The second-order valence-electron chi connectivity index (χ2n) is 4.05. The normalized spacial score (nSPS) is 15.5. The van der Waals surface area contributed by atoms with E-state index in [0.717, 1.165) is 15.1 Å². The molecular weight excluding hydrogens is 303 g/mol. The predicted molar refractivity (Wildman–Crippen MR) is 68.6 cm³/mol. The van der Waals surface area contributed by atoms with Crippen molar-refractivity contribution in [1.29, 1.82) is 0 Å². The lowest BCUT2D eigenvalue weighted by atomic mass is 10.3. The van der Waals surface area contributed by atoms with Crippen LogP contribution in [0.25, 0.3) is 0 Å². The summed E-state index contributed by atoms with van der Waals surface area (Å²) in [6.45, 7) is 4.06. The first-order valence-electron chi connectivity index (χ1n) is 5.28. The van der Waals surface area contributed by atoms with Crippen LogP contribution >= 0.6 is 22.6 Å². The maximum absolute atomic E-state index is 5.86. The Morgan fingerprint density at radius 2 is 2.07 bits per heavy atom. The van der Waals surface area contributed by atoms with E-state index in [1.54, 1.807) is 0 Å². The van der Waals surface area contributed by atoms with Gasteiger partial charge in [0.05, 0.1) is 15.8 Å². The van der Waals surface area contributed by atoms with Gasteiger partial charge in [-0.3, -0.25) is 0 Å². The fourth-order valence-electron chi connectivity index (χ4n) is 1.30. The van der Waals surface area contributed by atoms with Crippen LogP contribution in [0.3, 0.4) is 0 Å². The van der Waals surface area contributed by atoms with Crippen LogP contribution in [0.4, 0.5) is 0 Å². The lowest BCUT2D eigenvalue weighted by Crippen LogP contribution is -2.08. The molecule has 0 spiro atoms. The zero-order chi connectivity index (χ0) is 10.8. The largest absolute Gasteiger partial charge is 0.487 e. The third-order valence-electron chi connectivity index (χ3n) is 2.10. The van der Waals surface area contributed by atoms with E-state index >= 15 is 0 Å². The maximum Gasteiger partial charge on any atom is 0.174 e. The van der Waals surface area contributed by atoms with Crippen LogP contribution < -0.4 is 9.47 Å². The summed E-state index contributed by atoms with van der Waals surface area (Å²) in [6, 6.07) is 6.02. The molecule has 0 radical (unpaired) electrons. The van der Waals surface area contributed by atoms with Crippen LogP contribution in [0.1, 0.15) is 26.7 Å². The van der Waals surface area contributed by atoms with Crippen molar-refractivity contribution in [2.75, 3.05) is 0 Å². The van der Waals surface area contributed by atoms with Crippen molar-refractivity contribution in [1.82, 2.24) is 0 Å². The molecule has 2 nitrogen and oxygen atoms in total. The molecule has 1 fully saturated rings. The van der Waals surface area contributed by atoms with Crippen molar-refractivity contribution in [2.45, 2.75) is 38.9 Å². The zero-order valence-electron chi connectivity index (χ0n) is 9.00. The minimum absolute atomic E-state index is 0.185. The molecule has 0 unspecified atom stereocenters. The highest BCUT2D eigenvalue weighted by Crippen LogP contribution is 2.37. The van der Waals surface area contributed by atoms with Crippen molar-refractivity contribution in [3.8, 4) is 11.5 Å². The maximum atomic E-state index is 5.86. The second-order valence-corrected chi connectivity index (χ2v) is 5.21. The van der Waals surface area contributed by atoms with E-state index in [9.17, 15) is 0 Å². The van der Waals surface area contributed by atoms with E-state index in [2.05, 4.69) is 22.6 Å². The van der Waals surface area contributed by atoms with Gasteiger partial charge >= 0.3 is 0 Å². The van der Waals surface area contributed by atoms with Gasteiger partial charge in [-0.05, 0) is 61.4 Å². The first kappa shape index (κ1) is 11.0. The summed E-state index contributed by atoms with van der Waals surface area (Å²) in [5, 5.41) is 0. The number of ether oxygens (including phenoxy) is 2. The minimum atomic E-state index is 0.185. The third-order valence-corrected chi connectivity index (χ3v) is 2.95. The summed E-state index contributed by atoms with van der Waals surface area (Å²) in [6.07, 6.45) is 2.94. The molecule has 1 saturated carbocycles. The Labute approximate surface area is 104 Å². The molecule has 0 aliphatic heterocycles. The molecule has 0 heterocycles. The molecule has 0 bridgehead atoms. The van der Waals surface area contributed by atoms with Crippen molar-refractivity contribution >= 4 is 22.6 Å². The van der Waals surface area contributed by atoms with E-state index in [4.69, 9.17) is 9.47 Å². The molecule has 1 aliphatic rings. The topological polar surface area (TPSA) is 18.5 Å². The number of benzene rings is 1. The van der Waals surface area contributed by atoms with Crippen molar-refractivity contribution in [3.63, 3.8) is 0 Å². The molecule has 1 aromatic rings. The van der Waals surface area contributed by atoms with Gasteiger partial charge in [-0.25, -0.2) is 0 Å². The Kier molecular flexibility index (Phi) is 3.38. The first-order valence-corrected chi connectivity index (χ1v) is 6.36. The minimum Gasteiger partial charge on any atom is -0.487 e. The Hall–Kier alpha value is -0.450. The van der Waals surface area contributed by atoms with Gasteiger partial charge in [-0.1, -0.05) is 6.07 Å². The van der Waals surface area contributed by atoms with Crippen molar-refractivity contribution in [2.24, 2.45) is 0 Å². The lowest BCUT2D eigenvalue weighted by molar-refractivity contribution is 0.216. The Morgan fingerprint density at radius 1 is 1.33 bits per heavy atom. The Morgan fingerprint density at radius 3 is 2.67 bits per heavy atom. The summed E-state index contributed by atoms with van der Waals surface area (Å²) in [4.78, 5) is 0. The van der Waals surface area contributed by atoms with E-state index in [1.807, 2.05) is 32.0 Å². The van der Waals surface area contributed by atoms with Crippen LogP contribution in [0.15, 0.2) is 18.2 Å². The highest BCUT2D eigenvalue weighted by molar-refractivity contribution is 14.1. The highest BCUT2D eigenvalue weighted by Gasteiger charge is 2.26. The Bertz CT molecular complexity index is 345. The molecule has 0 aromatic heterocycles. The molecule has 1 aromatic carbocycles. The molecule has 3 heteroatoms. The monoisotopic (exact) mass is 318 g/mol. The SMILES string of the molecule is CC(C)Oc1cccc(I)c1OC1CC1. The number of hydrogen-bond donors (Lipinski definition) is 0. The molecular formula is C12H15IO2. The van der Waals surface area contributed by atoms with Gasteiger partial charge < -0.3 is 9.47 Å². The van der Waals surface area contributed by atoms with Crippen LogP contribution in [0.5, 0.6) is 11.5 Å². The molecule has 0 N–H and O–H groups in total. The van der Waals surface area contributed by atoms with Gasteiger partial charge in [-0.2, -0.15) is 0 Å². The van der Waals surface area contributed by atoms with Crippen molar-refractivity contribution in [3.05, 3.63) is 21.8 Å². The molecule has 0 saturated heterocycles. The molecule has 1 aliphatic carbocycles. The summed E-state index contributed by atoms with van der Waals surface area (Å²) >= 11 is 2.29. The number of hydrogen-bond acceptors (Lipinski definition) is 2. The van der Waals surface area contributed by atoms with Gasteiger partial charge in [0.2, 0.25) is 0 Å². The second kappa shape index (κ2) is 4.60. The van der Waals surface area contributed by atoms with E-state index < -0.39 is 0 Å². The van der Waals surface area contributed by atoms with Gasteiger partial charge in [-0.15, -0.1) is 0 Å². The lowest BCUT2D eigenvalue weighted by Gasteiger charge is -2.15. The number of halogens is 1. The van der Waals surface area contributed by atoms with Gasteiger partial charge in [0.25, 0.3) is 0 Å². The highest BCUT2D eigenvalue weighted by atomic mass is 127. The van der Waals surface area contributed by atoms with Crippen LogP contribution in [-0.4, -0.2) is 12.2 Å². The molecule has 0 amide bonds. The molecule has 2 rings (SSSR count). The number of para-hydroxylation sites is 1. The fraction of sp³-hybridized carbons (Fsp3) is 0.500. The summed E-state index contributed by atoms with van der Waals surface area (Å²) in [5.41, 5.74) is 0. The third kappa shape index (κ3) is 3.00. The quantitative estimate of drug-likeness (QED) is 0.790. The average molecular weight is 318 g/mol. The van der Waals surface area contributed by atoms with E-state index in [0.29, 0.717) is 6.10 Å². The summed E-state index contributed by atoms with van der Waals surface area (Å²) in [5.74, 6) is 1.78. The predicted octanol–water partition coefficient (Wildman–Crippen LogP) is 3.62. The smallest absolute Gasteiger partial charge is 0.174 e. The average Bonchev–Trinajstić information content (AvgIpc) is 2.94. The zero-order valence-corrected chi connectivity index (χ0v) is 11.2. The standard InChI is InChI=1S/C12H15IO2/c1-8(2)14-11-5-3-4-10(13)12(11)15-9-6-7-9/h3-5,8-9H,6-7H2,1-2H3. The van der Waals surface area contributed by atoms with Gasteiger partial charge in [0, 0.05) is 0 Å². The number of rotatable bonds is 4. The van der Waals surface area contributed by atoms with Gasteiger partial charge in [0.15, 0.2) is 11.5 Å².